The molecule has 0 atom stereocenters. The van der Waals surface area contributed by atoms with E-state index in [4.69, 9.17) is 20.0 Å². The van der Waals surface area contributed by atoms with Gasteiger partial charge in [-0.15, -0.1) is 0 Å². The molecule has 4 nitrogen and oxygen atoms in total. The number of methoxy groups -OCH3 is 2. The summed E-state index contributed by atoms with van der Waals surface area (Å²) in [6.07, 6.45) is 0. The average Bonchev–Trinajstić information content (AvgIpc) is 2.30. The molecule has 6 heteroatoms. The quantitative estimate of drug-likeness (QED) is 0.826. The van der Waals surface area contributed by atoms with Gasteiger partial charge in [0.2, 0.25) is 0 Å². The Bertz CT molecular complexity index is 468. The molecular formula is C10H6Br2N2O2. The highest BCUT2D eigenvalue weighted by atomic mass is 79.9. The van der Waals surface area contributed by atoms with E-state index in [2.05, 4.69) is 31.9 Å². The molecule has 0 saturated heterocycles. The highest BCUT2D eigenvalue weighted by molar-refractivity contribution is 9.11. The fourth-order valence-electron chi connectivity index (χ4n) is 1.23. The van der Waals surface area contributed by atoms with Crippen molar-refractivity contribution in [3.05, 3.63) is 20.1 Å². The van der Waals surface area contributed by atoms with E-state index in [0.29, 0.717) is 20.4 Å². The molecule has 16 heavy (non-hydrogen) atoms. The molecule has 1 rings (SSSR count). The van der Waals surface area contributed by atoms with Gasteiger partial charge in [-0.05, 0) is 31.9 Å². The molecule has 0 bridgehead atoms. The summed E-state index contributed by atoms with van der Waals surface area (Å²) < 4.78 is 11.0. The highest BCUT2D eigenvalue weighted by Crippen LogP contribution is 2.44. The van der Waals surface area contributed by atoms with Gasteiger partial charge in [-0.3, -0.25) is 0 Å². The predicted octanol–water partition coefficient (Wildman–Crippen LogP) is 2.97. The van der Waals surface area contributed by atoms with Crippen molar-refractivity contribution in [1.82, 2.24) is 0 Å². The standard InChI is InChI=1S/C10H6Br2N2O2/c1-15-9-5(3-13)8(12)10(16-2)6(4-14)7(9)11/h1-2H3. The van der Waals surface area contributed by atoms with Gasteiger partial charge in [-0.25, -0.2) is 0 Å². The van der Waals surface area contributed by atoms with Crippen LogP contribution < -0.4 is 9.47 Å². The maximum Gasteiger partial charge on any atom is 0.153 e. The summed E-state index contributed by atoms with van der Waals surface area (Å²) in [5.74, 6) is 0.624. The molecule has 0 amide bonds. The third-order valence-electron chi connectivity index (χ3n) is 1.92. The van der Waals surface area contributed by atoms with E-state index in [1.807, 2.05) is 12.1 Å². The summed E-state index contributed by atoms with van der Waals surface area (Å²) in [5, 5.41) is 18.0. The third-order valence-corrected chi connectivity index (χ3v) is 3.44. The van der Waals surface area contributed by atoms with E-state index >= 15 is 0 Å². The zero-order chi connectivity index (χ0) is 12.3. The molecule has 0 saturated carbocycles. The van der Waals surface area contributed by atoms with Crippen LogP contribution in [0.3, 0.4) is 0 Å². The van der Waals surface area contributed by atoms with Gasteiger partial charge in [0, 0.05) is 0 Å². The molecule has 82 valence electrons. The van der Waals surface area contributed by atoms with Crippen molar-refractivity contribution < 1.29 is 9.47 Å². The molecule has 0 spiro atoms. The minimum Gasteiger partial charge on any atom is -0.494 e. The number of halogens is 2. The number of nitriles is 2. The second-order valence-electron chi connectivity index (χ2n) is 2.67. The first kappa shape index (κ1) is 12.8. The molecule has 0 aliphatic heterocycles. The van der Waals surface area contributed by atoms with Crippen LogP contribution in [0.4, 0.5) is 0 Å². The number of ether oxygens (including phenoxy) is 2. The molecule has 0 heterocycles. The van der Waals surface area contributed by atoms with Gasteiger partial charge >= 0.3 is 0 Å². The SMILES string of the molecule is COc1c(Br)c(C#N)c(OC)c(Br)c1C#N. The first-order chi connectivity index (χ1) is 7.62. The van der Waals surface area contributed by atoms with Crippen molar-refractivity contribution in [2.45, 2.75) is 0 Å². The van der Waals surface area contributed by atoms with Crippen LogP contribution in [0.2, 0.25) is 0 Å². The van der Waals surface area contributed by atoms with Crippen molar-refractivity contribution in [3.8, 4) is 23.6 Å². The van der Waals surface area contributed by atoms with Crippen LogP contribution in [0, 0.1) is 22.7 Å². The van der Waals surface area contributed by atoms with Crippen LogP contribution in [-0.2, 0) is 0 Å². The number of hydrogen-bond donors (Lipinski definition) is 0. The largest absolute Gasteiger partial charge is 0.494 e. The predicted molar refractivity (Wildman–Crippen MR) is 64.4 cm³/mol. The lowest BCUT2D eigenvalue weighted by Gasteiger charge is -2.13. The maximum absolute atomic E-state index is 9.02. The number of rotatable bonds is 2. The van der Waals surface area contributed by atoms with Gasteiger partial charge in [0.25, 0.3) is 0 Å². The Labute approximate surface area is 110 Å². The summed E-state index contributed by atoms with van der Waals surface area (Å²) in [7, 11) is 2.86. The van der Waals surface area contributed by atoms with Crippen LogP contribution in [0.1, 0.15) is 11.1 Å². The molecular weight excluding hydrogens is 340 g/mol. The van der Waals surface area contributed by atoms with Crippen LogP contribution in [0.15, 0.2) is 8.95 Å². The minimum atomic E-state index is 0.283. The second kappa shape index (κ2) is 5.20. The molecule has 1 aromatic carbocycles. The molecule has 0 unspecified atom stereocenters. The molecule has 0 fully saturated rings. The van der Waals surface area contributed by atoms with E-state index < -0.39 is 0 Å². The summed E-state index contributed by atoms with van der Waals surface area (Å²) in [4.78, 5) is 0. The summed E-state index contributed by atoms with van der Waals surface area (Å²) in [5.41, 5.74) is 0.565. The topological polar surface area (TPSA) is 66.0 Å². The molecule has 0 radical (unpaired) electrons. The van der Waals surface area contributed by atoms with E-state index in [0.717, 1.165) is 0 Å². The van der Waals surface area contributed by atoms with Crippen LogP contribution >= 0.6 is 31.9 Å². The molecule has 0 N–H and O–H groups in total. The average molecular weight is 346 g/mol. The first-order valence-corrected chi connectivity index (χ1v) is 5.64. The number of hydrogen-bond acceptors (Lipinski definition) is 4. The zero-order valence-corrected chi connectivity index (χ0v) is 11.6. The Balaban J connectivity index is 3.78. The van der Waals surface area contributed by atoms with Crippen molar-refractivity contribution in [2.75, 3.05) is 14.2 Å². The third kappa shape index (κ3) is 1.87. The molecule has 0 aliphatic carbocycles. The van der Waals surface area contributed by atoms with Gasteiger partial charge in [-0.1, -0.05) is 0 Å². The Morgan fingerprint density at radius 3 is 1.38 bits per heavy atom. The van der Waals surface area contributed by atoms with E-state index in [9.17, 15) is 0 Å². The number of benzene rings is 1. The van der Waals surface area contributed by atoms with Crippen molar-refractivity contribution in [2.24, 2.45) is 0 Å². The molecule has 0 aliphatic rings. The maximum atomic E-state index is 9.02. The summed E-state index contributed by atoms with van der Waals surface area (Å²) >= 11 is 6.44. The van der Waals surface area contributed by atoms with Crippen LogP contribution in [-0.4, -0.2) is 14.2 Å². The monoisotopic (exact) mass is 344 g/mol. The van der Waals surface area contributed by atoms with Gasteiger partial charge in [0.1, 0.15) is 23.3 Å². The highest BCUT2D eigenvalue weighted by Gasteiger charge is 2.22. The van der Waals surface area contributed by atoms with Gasteiger partial charge in [0.05, 0.1) is 23.2 Å². The van der Waals surface area contributed by atoms with Crippen molar-refractivity contribution >= 4 is 31.9 Å². The van der Waals surface area contributed by atoms with E-state index in [-0.39, 0.29) is 11.1 Å². The Kier molecular flexibility index (Phi) is 4.17. The number of nitrogens with zero attached hydrogens (tertiary/aromatic N) is 2. The smallest absolute Gasteiger partial charge is 0.153 e. The fourth-order valence-corrected chi connectivity index (χ4v) is 2.49. The minimum absolute atomic E-state index is 0.283. The van der Waals surface area contributed by atoms with Crippen LogP contribution in [0.5, 0.6) is 11.5 Å². The summed E-state index contributed by atoms with van der Waals surface area (Å²) in [6, 6.07) is 3.98. The van der Waals surface area contributed by atoms with Crippen molar-refractivity contribution in [3.63, 3.8) is 0 Å². The molecule has 0 aromatic heterocycles. The Morgan fingerprint density at radius 1 is 0.875 bits per heavy atom. The Morgan fingerprint density at radius 2 is 1.19 bits per heavy atom. The lowest BCUT2D eigenvalue weighted by molar-refractivity contribution is 0.396. The fraction of sp³-hybridized carbons (Fsp3) is 0.200. The normalized spacial score (nSPS) is 9.12. The Hall–Kier alpha value is -1.24. The summed E-state index contributed by atoms with van der Waals surface area (Å²) in [6.45, 7) is 0. The van der Waals surface area contributed by atoms with E-state index in [1.165, 1.54) is 14.2 Å². The lowest BCUT2D eigenvalue weighted by atomic mass is 10.1. The zero-order valence-electron chi connectivity index (χ0n) is 8.47. The van der Waals surface area contributed by atoms with Gasteiger partial charge in [0.15, 0.2) is 11.5 Å². The van der Waals surface area contributed by atoms with Gasteiger partial charge < -0.3 is 9.47 Å². The lowest BCUT2D eigenvalue weighted by Crippen LogP contribution is -1.98. The molecule has 1 aromatic rings. The van der Waals surface area contributed by atoms with Crippen molar-refractivity contribution in [1.29, 1.82) is 10.5 Å². The van der Waals surface area contributed by atoms with Crippen LogP contribution in [0.25, 0.3) is 0 Å². The van der Waals surface area contributed by atoms with E-state index in [1.54, 1.807) is 0 Å². The second-order valence-corrected chi connectivity index (χ2v) is 4.25. The first-order valence-electron chi connectivity index (χ1n) is 4.05. The van der Waals surface area contributed by atoms with Gasteiger partial charge in [-0.2, -0.15) is 10.5 Å².